The van der Waals surface area contributed by atoms with Gasteiger partial charge in [-0.3, -0.25) is 4.98 Å². The highest BCUT2D eigenvalue weighted by Gasteiger charge is 2.21. The molecule has 0 saturated heterocycles. The van der Waals surface area contributed by atoms with E-state index in [1.165, 1.54) is 0 Å². The fourth-order valence-electron chi connectivity index (χ4n) is 2.72. The van der Waals surface area contributed by atoms with E-state index in [1.807, 2.05) is 30.3 Å². The summed E-state index contributed by atoms with van der Waals surface area (Å²) in [7, 11) is 0. The molecule has 1 atom stereocenters. The number of fused-ring (bicyclic) bond motifs is 1. The smallest absolute Gasteiger partial charge is 0.147 e. The molecule has 3 rings (SSSR count). The molecule has 0 spiro atoms. The maximum absolute atomic E-state index is 10.3. The molecule has 1 aliphatic heterocycles. The van der Waals surface area contributed by atoms with Crippen molar-refractivity contribution in [2.24, 2.45) is 0 Å². The summed E-state index contributed by atoms with van der Waals surface area (Å²) in [5, 5.41) is 23.9. The number of hydrogen-bond donors (Lipinski definition) is 3. The Balaban J connectivity index is 1.88. The summed E-state index contributed by atoms with van der Waals surface area (Å²) in [6.07, 6.45) is 5.22. The van der Waals surface area contributed by atoms with Gasteiger partial charge in [0.25, 0.3) is 0 Å². The molecular weight excluding hydrogens is 312 g/mol. The largest absolute Gasteiger partial charge is 0.386 e. The summed E-state index contributed by atoms with van der Waals surface area (Å²) < 4.78 is 0. The minimum Gasteiger partial charge on any atom is -0.386 e. The number of halogens is 1. The average Bonchev–Trinajstić information content (AvgIpc) is 2.47. The van der Waals surface area contributed by atoms with Crippen molar-refractivity contribution >= 4 is 23.4 Å². The van der Waals surface area contributed by atoms with Gasteiger partial charge in [0.1, 0.15) is 6.23 Å². The molecule has 2 heterocycles. The summed E-state index contributed by atoms with van der Waals surface area (Å²) in [6, 6.07) is 7.42. The lowest BCUT2D eigenvalue weighted by molar-refractivity contribution is 0.0787. The van der Waals surface area contributed by atoms with E-state index in [0.29, 0.717) is 17.0 Å². The van der Waals surface area contributed by atoms with Crippen molar-refractivity contribution in [1.29, 1.82) is 0 Å². The highest BCUT2D eigenvalue weighted by molar-refractivity contribution is 6.31. The molecule has 23 heavy (non-hydrogen) atoms. The molecule has 4 nitrogen and oxygen atoms in total. The number of anilines is 1. The van der Waals surface area contributed by atoms with Crippen LogP contribution in [0.5, 0.6) is 0 Å². The summed E-state index contributed by atoms with van der Waals surface area (Å²) >= 11 is 6.28. The fourth-order valence-corrected chi connectivity index (χ4v) is 3.15. The third kappa shape index (κ3) is 3.39. The molecule has 0 radical (unpaired) electrons. The SMILES string of the molecule is CC(C)(O)c1ccc(CC2=Cc3cnccc3NC2O)cc1Cl. The van der Waals surface area contributed by atoms with Gasteiger partial charge in [0, 0.05) is 34.2 Å². The molecule has 3 N–H and O–H groups in total. The van der Waals surface area contributed by atoms with Crippen molar-refractivity contribution in [3.63, 3.8) is 0 Å². The predicted molar refractivity (Wildman–Crippen MR) is 92.2 cm³/mol. The van der Waals surface area contributed by atoms with Crippen LogP contribution < -0.4 is 5.32 Å². The zero-order valence-corrected chi connectivity index (χ0v) is 13.8. The number of nitrogens with zero attached hydrogens (tertiary/aromatic N) is 1. The first-order valence-electron chi connectivity index (χ1n) is 7.45. The Morgan fingerprint density at radius 1 is 1.30 bits per heavy atom. The second-order valence-electron chi connectivity index (χ2n) is 6.28. The van der Waals surface area contributed by atoms with Gasteiger partial charge < -0.3 is 15.5 Å². The lowest BCUT2D eigenvalue weighted by Crippen LogP contribution is -2.26. The first kappa shape index (κ1) is 16.0. The van der Waals surface area contributed by atoms with Crippen LogP contribution in [0.2, 0.25) is 5.02 Å². The summed E-state index contributed by atoms with van der Waals surface area (Å²) in [6.45, 7) is 3.41. The number of benzene rings is 1. The predicted octanol–water partition coefficient (Wildman–Crippen LogP) is 3.33. The second kappa shape index (κ2) is 5.96. The normalized spacial score (nSPS) is 17.3. The average molecular weight is 331 g/mol. The molecule has 1 aromatic heterocycles. The van der Waals surface area contributed by atoms with Crippen LogP contribution in [0.15, 0.2) is 42.2 Å². The zero-order chi connectivity index (χ0) is 16.6. The van der Waals surface area contributed by atoms with Crippen molar-refractivity contribution < 1.29 is 10.2 Å². The number of pyridine rings is 1. The van der Waals surface area contributed by atoms with Crippen LogP contribution in [0.25, 0.3) is 6.08 Å². The monoisotopic (exact) mass is 330 g/mol. The standard InChI is InChI=1S/C18H19ClN2O2/c1-18(2,23)14-4-3-11(8-15(14)19)7-12-9-13-10-20-6-5-16(13)21-17(12)22/h3-6,8-10,17,21-23H,7H2,1-2H3. The number of nitrogens with one attached hydrogen (secondary N) is 1. The number of rotatable bonds is 3. The maximum atomic E-state index is 10.3. The van der Waals surface area contributed by atoms with Crippen molar-refractivity contribution in [2.45, 2.75) is 32.1 Å². The van der Waals surface area contributed by atoms with Crippen LogP contribution >= 0.6 is 11.6 Å². The minimum atomic E-state index is -0.981. The highest BCUT2D eigenvalue weighted by atomic mass is 35.5. The van der Waals surface area contributed by atoms with Gasteiger partial charge in [-0.05, 0) is 49.6 Å². The van der Waals surface area contributed by atoms with Crippen molar-refractivity contribution in [2.75, 3.05) is 5.32 Å². The third-order valence-corrected chi connectivity index (χ3v) is 4.25. The van der Waals surface area contributed by atoms with Crippen LogP contribution in [-0.2, 0) is 12.0 Å². The number of aliphatic hydroxyl groups is 2. The number of aliphatic hydroxyl groups excluding tert-OH is 1. The van der Waals surface area contributed by atoms with E-state index in [2.05, 4.69) is 10.3 Å². The third-order valence-electron chi connectivity index (χ3n) is 3.94. The van der Waals surface area contributed by atoms with Gasteiger partial charge in [-0.25, -0.2) is 0 Å². The van der Waals surface area contributed by atoms with Crippen LogP contribution in [0.3, 0.4) is 0 Å². The van der Waals surface area contributed by atoms with Crippen molar-refractivity contribution in [3.8, 4) is 0 Å². The Kier molecular flexibility index (Phi) is 4.15. The quantitative estimate of drug-likeness (QED) is 0.807. The first-order chi connectivity index (χ1) is 10.8. The summed E-state index contributed by atoms with van der Waals surface area (Å²) in [5.41, 5.74) is 3.35. The van der Waals surface area contributed by atoms with E-state index in [-0.39, 0.29) is 0 Å². The van der Waals surface area contributed by atoms with E-state index in [9.17, 15) is 10.2 Å². The lowest BCUT2D eigenvalue weighted by atomic mass is 9.94. The second-order valence-corrected chi connectivity index (χ2v) is 6.69. The van der Waals surface area contributed by atoms with E-state index in [4.69, 9.17) is 11.6 Å². The number of hydrogen-bond acceptors (Lipinski definition) is 4. The van der Waals surface area contributed by atoms with E-state index in [0.717, 1.165) is 22.4 Å². The van der Waals surface area contributed by atoms with Crippen LogP contribution in [0.1, 0.15) is 30.5 Å². The molecule has 0 aliphatic carbocycles. The Morgan fingerprint density at radius 3 is 2.78 bits per heavy atom. The minimum absolute atomic E-state index is 0.524. The maximum Gasteiger partial charge on any atom is 0.147 e. The van der Waals surface area contributed by atoms with E-state index < -0.39 is 11.8 Å². The van der Waals surface area contributed by atoms with E-state index in [1.54, 1.807) is 26.2 Å². The molecule has 5 heteroatoms. The van der Waals surface area contributed by atoms with Gasteiger partial charge in [-0.15, -0.1) is 0 Å². The lowest BCUT2D eigenvalue weighted by Gasteiger charge is -2.24. The highest BCUT2D eigenvalue weighted by Crippen LogP contribution is 2.31. The van der Waals surface area contributed by atoms with Gasteiger partial charge in [0.05, 0.1) is 5.60 Å². The van der Waals surface area contributed by atoms with Gasteiger partial charge in [-0.2, -0.15) is 0 Å². The summed E-state index contributed by atoms with van der Waals surface area (Å²) in [4.78, 5) is 4.10. The first-order valence-corrected chi connectivity index (χ1v) is 7.83. The zero-order valence-electron chi connectivity index (χ0n) is 13.0. The number of aromatic nitrogens is 1. The molecular formula is C18H19ClN2O2. The Hall–Kier alpha value is -1.88. The Labute approximate surface area is 140 Å². The molecule has 0 fully saturated rings. The molecule has 1 unspecified atom stereocenters. The molecule has 0 amide bonds. The van der Waals surface area contributed by atoms with Crippen LogP contribution in [0, 0.1) is 0 Å². The molecule has 1 aromatic carbocycles. The molecule has 2 aromatic rings. The summed E-state index contributed by atoms with van der Waals surface area (Å²) in [5.74, 6) is 0. The molecule has 1 aliphatic rings. The van der Waals surface area contributed by atoms with Gasteiger partial charge >= 0.3 is 0 Å². The molecule has 120 valence electrons. The fraction of sp³-hybridized carbons (Fsp3) is 0.278. The Bertz CT molecular complexity index is 766. The van der Waals surface area contributed by atoms with Gasteiger partial charge in [0.2, 0.25) is 0 Å². The molecule has 0 saturated carbocycles. The molecule has 0 bridgehead atoms. The topological polar surface area (TPSA) is 65.4 Å². The van der Waals surface area contributed by atoms with E-state index >= 15 is 0 Å². The van der Waals surface area contributed by atoms with Crippen molar-refractivity contribution in [1.82, 2.24) is 4.98 Å². The van der Waals surface area contributed by atoms with Crippen LogP contribution in [0.4, 0.5) is 5.69 Å². The van der Waals surface area contributed by atoms with Gasteiger partial charge in [-0.1, -0.05) is 23.7 Å². The van der Waals surface area contributed by atoms with Crippen LogP contribution in [-0.4, -0.2) is 21.4 Å². The van der Waals surface area contributed by atoms with Gasteiger partial charge in [0.15, 0.2) is 0 Å². The Morgan fingerprint density at radius 2 is 2.09 bits per heavy atom. The van der Waals surface area contributed by atoms with Crippen molar-refractivity contribution in [3.05, 3.63) is 63.9 Å².